The number of hydrogen-bond donors (Lipinski definition) is 3. The Labute approximate surface area is 109 Å². The number of fused-ring (bicyclic) bond motifs is 1. The highest BCUT2D eigenvalue weighted by molar-refractivity contribution is 6.33. The molecule has 0 spiro atoms. The Morgan fingerprint density at radius 3 is 2.83 bits per heavy atom. The van der Waals surface area contributed by atoms with Gasteiger partial charge in [-0.05, 0) is 19.3 Å². The summed E-state index contributed by atoms with van der Waals surface area (Å²) in [6.45, 7) is 3.74. The predicted molar refractivity (Wildman–Crippen MR) is 70.1 cm³/mol. The van der Waals surface area contributed by atoms with Gasteiger partial charge in [-0.2, -0.15) is 9.97 Å². The molecule has 1 fully saturated rings. The Hall–Kier alpha value is -1.66. The minimum Gasteiger partial charge on any atom is -0.393 e. The maximum Gasteiger partial charge on any atom is 0.223 e. The van der Waals surface area contributed by atoms with Crippen LogP contribution >= 0.6 is 11.6 Å². The number of aromatic nitrogens is 4. The fourth-order valence-electron chi connectivity index (χ4n) is 1.72. The van der Waals surface area contributed by atoms with Gasteiger partial charge < -0.3 is 15.8 Å². The molecule has 2 heterocycles. The number of aliphatic hydroxyl groups excluding tert-OH is 1. The quantitative estimate of drug-likeness (QED) is 0.498. The number of halogens is 1. The van der Waals surface area contributed by atoms with Crippen molar-refractivity contribution in [2.24, 2.45) is 0 Å². The van der Waals surface area contributed by atoms with Crippen LogP contribution in [0.4, 0.5) is 5.95 Å². The van der Waals surface area contributed by atoms with Crippen LogP contribution in [0.2, 0.25) is 5.15 Å². The van der Waals surface area contributed by atoms with Gasteiger partial charge >= 0.3 is 0 Å². The lowest BCUT2D eigenvalue weighted by Gasteiger charge is -1.92. The van der Waals surface area contributed by atoms with E-state index in [-0.39, 0.29) is 12.1 Å². The van der Waals surface area contributed by atoms with Crippen LogP contribution in [0, 0.1) is 0 Å². The second-order valence-corrected chi connectivity index (χ2v) is 4.48. The molecule has 1 saturated carbocycles. The first-order valence-corrected chi connectivity index (χ1v) is 5.91. The summed E-state index contributed by atoms with van der Waals surface area (Å²) in [6, 6.07) is 0. The molecule has 1 aliphatic carbocycles. The average molecular weight is 268 g/mol. The van der Waals surface area contributed by atoms with E-state index in [1.165, 1.54) is 11.9 Å². The Morgan fingerprint density at radius 1 is 1.50 bits per heavy atom. The molecule has 7 heteroatoms. The van der Waals surface area contributed by atoms with Gasteiger partial charge in [0.15, 0.2) is 10.8 Å². The number of rotatable bonds is 0. The minimum atomic E-state index is -0.0764. The Bertz CT molecular complexity index is 568. The van der Waals surface area contributed by atoms with E-state index >= 15 is 0 Å². The number of nitrogens with two attached hydrogens (primary N) is 1. The van der Waals surface area contributed by atoms with Crippen molar-refractivity contribution in [1.29, 1.82) is 0 Å². The number of H-pyrrole nitrogens is 1. The molecule has 1 unspecified atom stereocenters. The number of nitrogen functional groups attached to an aromatic ring is 1. The molecule has 4 N–H and O–H groups in total. The molecule has 3 rings (SSSR count). The van der Waals surface area contributed by atoms with Gasteiger partial charge in [0.05, 0.1) is 12.4 Å². The Balaban J connectivity index is 0.000000149. The van der Waals surface area contributed by atoms with Crippen molar-refractivity contribution in [3.05, 3.63) is 23.6 Å². The fourth-order valence-corrected chi connectivity index (χ4v) is 1.95. The van der Waals surface area contributed by atoms with Gasteiger partial charge in [-0.1, -0.05) is 23.8 Å². The lowest BCUT2D eigenvalue weighted by atomic mass is 10.3. The lowest BCUT2D eigenvalue weighted by Crippen LogP contribution is -1.95. The summed E-state index contributed by atoms with van der Waals surface area (Å²) < 4.78 is 0. The first-order chi connectivity index (χ1) is 8.56. The molecule has 0 bridgehead atoms. The maximum atomic E-state index is 8.84. The molecule has 2 aromatic rings. The third kappa shape index (κ3) is 2.96. The molecular formula is C11H14ClN5O. The second kappa shape index (κ2) is 5.32. The monoisotopic (exact) mass is 267 g/mol. The van der Waals surface area contributed by atoms with Gasteiger partial charge in [0.1, 0.15) is 5.52 Å². The highest BCUT2D eigenvalue weighted by Crippen LogP contribution is 2.21. The van der Waals surface area contributed by atoms with E-state index in [4.69, 9.17) is 22.4 Å². The number of imidazole rings is 1. The molecule has 6 nitrogen and oxygen atoms in total. The highest BCUT2D eigenvalue weighted by atomic mass is 35.5. The topological polar surface area (TPSA) is 101 Å². The first kappa shape index (κ1) is 12.8. The molecule has 0 amide bonds. The van der Waals surface area contributed by atoms with Gasteiger partial charge in [0.25, 0.3) is 0 Å². The average Bonchev–Trinajstić information content (AvgIpc) is 2.88. The third-order valence-corrected chi connectivity index (χ3v) is 2.89. The number of nitrogens with zero attached hydrogens (tertiary/aromatic N) is 3. The van der Waals surface area contributed by atoms with Gasteiger partial charge in [0.2, 0.25) is 5.95 Å². The SMILES string of the molecule is C=C1CCC(O)C1.Nc1nc(Cl)c2[nH]cnc2n1. The van der Waals surface area contributed by atoms with Gasteiger partial charge in [0, 0.05) is 0 Å². The van der Waals surface area contributed by atoms with E-state index in [0.29, 0.717) is 16.3 Å². The summed E-state index contributed by atoms with van der Waals surface area (Å²) in [4.78, 5) is 14.2. The Kier molecular flexibility index (Phi) is 3.78. The van der Waals surface area contributed by atoms with Crippen molar-refractivity contribution >= 4 is 28.7 Å². The van der Waals surface area contributed by atoms with Crippen molar-refractivity contribution < 1.29 is 5.11 Å². The number of aliphatic hydroxyl groups is 1. The van der Waals surface area contributed by atoms with E-state index in [1.54, 1.807) is 0 Å². The molecule has 0 saturated heterocycles. The van der Waals surface area contributed by atoms with E-state index in [0.717, 1.165) is 19.3 Å². The smallest absolute Gasteiger partial charge is 0.223 e. The molecule has 2 aromatic heterocycles. The van der Waals surface area contributed by atoms with Crippen LogP contribution in [0.25, 0.3) is 11.2 Å². The largest absolute Gasteiger partial charge is 0.393 e. The standard InChI is InChI=1S/C6H10O.C5H4ClN5/c1-5-2-3-6(7)4-5;6-3-2-4(9-1-8-2)11-5(7)10-3/h6-7H,1-4H2;1H,(H3,7,8,9,10,11). The van der Waals surface area contributed by atoms with E-state index in [9.17, 15) is 0 Å². The van der Waals surface area contributed by atoms with Gasteiger partial charge in [-0.3, -0.25) is 0 Å². The van der Waals surface area contributed by atoms with E-state index in [2.05, 4.69) is 26.5 Å². The minimum absolute atomic E-state index is 0.0764. The van der Waals surface area contributed by atoms with Crippen molar-refractivity contribution in [2.75, 3.05) is 5.73 Å². The molecule has 0 radical (unpaired) electrons. The van der Waals surface area contributed by atoms with Crippen LogP contribution in [-0.2, 0) is 0 Å². The fraction of sp³-hybridized carbons (Fsp3) is 0.364. The summed E-state index contributed by atoms with van der Waals surface area (Å²) in [5.41, 5.74) is 7.63. The number of aromatic amines is 1. The van der Waals surface area contributed by atoms with Gasteiger partial charge in [-0.25, -0.2) is 4.98 Å². The summed E-state index contributed by atoms with van der Waals surface area (Å²) in [5.74, 6) is 0.134. The zero-order valence-corrected chi connectivity index (χ0v) is 10.5. The summed E-state index contributed by atoms with van der Waals surface area (Å²) in [6.07, 6.45) is 4.21. The third-order valence-electron chi connectivity index (χ3n) is 2.61. The molecule has 96 valence electrons. The normalized spacial score (nSPS) is 18.8. The van der Waals surface area contributed by atoms with Crippen molar-refractivity contribution in [1.82, 2.24) is 19.9 Å². The van der Waals surface area contributed by atoms with Crippen LogP contribution in [0.5, 0.6) is 0 Å². The highest BCUT2D eigenvalue weighted by Gasteiger charge is 2.13. The molecular weight excluding hydrogens is 254 g/mol. The number of nitrogens with one attached hydrogen (secondary N) is 1. The van der Waals surface area contributed by atoms with E-state index in [1.807, 2.05) is 0 Å². The molecule has 1 aliphatic rings. The summed E-state index contributed by atoms with van der Waals surface area (Å²) in [7, 11) is 0. The maximum absolute atomic E-state index is 8.84. The van der Waals surface area contributed by atoms with Crippen LogP contribution < -0.4 is 5.73 Å². The van der Waals surface area contributed by atoms with Crippen molar-refractivity contribution in [2.45, 2.75) is 25.4 Å². The molecule has 0 aliphatic heterocycles. The van der Waals surface area contributed by atoms with Crippen LogP contribution in [0.1, 0.15) is 19.3 Å². The zero-order valence-electron chi connectivity index (χ0n) is 9.73. The molecule has 0 aromatic carbocycles. The summed E-state index contributed by atoms with van der Waals surface area (Å²) in [5, 5.41) is 9.14. The van der Waals surface area contributed by atoms with Gasteiger partial charge in [-0.15, -0.1) is 0 Å². The van der Waals surface area contributed by atoms with Crippen molar-refractivity contribution in [3.8, 4) is 0 Å². The van der Waals surface area contributed by atoms with Crippen LogP contribution in [-0.4, -0.2) is 31.1 Å². The zero-order chi connectivity index (χ0) is 13.1. The second-order valence-electron chi connectivity index (χ2n) is 4.12. The Morgan fingerprint density at radius 2 is 2.28 bits per heavy atom. The van der Waals surface area contributed by atoms with Crippen molar-refractivity contribution in [3.63, 3.8) is 0 Å². The van der Waals surface area contributed by atoms with Crippen LogP contribution in [0.15, 0.2) is 18.5 Å². The molecule has 1 atom stereocenters. The number of hydrogen-bond acceptors (Lipinski definition) is 5. The molecule has 18 heavy (non-hydrogen) atoms. The van der Waals surface area contributed by atoms with Crippen LogP contribution in [0.3, 0.4) is 0 Å². The first-order valence-electron chi connectivity index (χ1n) is 5.53. The number of anilines is 1. The summed E-state index contributed by atoms with van der Waals surface area (Å²) >= 11 is 5.70. The predicted octanol–water partition coefficient (Wildman–Crippen LogP) is 1.68. The van der Waals surface area contributed by atoms with E-state index < -0.39 is 0 Å². The lowest BCUT2D eigenvalue weighted by molar-refractivity contribution is 0.186.